The summed E-state index contributed by atoms with van der Waals surface area (Å²) in [5.41, 5.74) is 6.46. The van der Waals surface area contributed by atoms with Crippen molar-refractivity contribution in [3.8, 4) is 0 Å². The van der Waals surface area contributed by atoms with Gasteiger partial charge in [-0.3, -0.25) is 10.1 Å². The maximum absolute atomic E-state index is 12.0. The first-order valence-corrected chi connectivity index (χ1v) is 5.89. The molecule has 90 valence electrons. The second kappa shape index (κ2) is 4.75. The van der Waals surface area contributed by atoms with E-state index in [1.165, 1.54) is 0 Å². The largest absolute Gasteiger partial charge is 0.370 e. The highest BCUT2D eigenvalue weighted by molar-refractivity contribution is 6.30. The van der Waals surface area contributed by atoms with Crippen LogP contribution in [0.4, 0.5) is 0 Å². The average Bonchev–Trinajstić information content (AvgIpc) is 2.30. The third-order valence-electron chi connectivity index (χ3n) is 2.87. The number of nitrogens with zero attached hydrogens (tertiary/aromatic N) is 1. The predicted octanol–water partition coefficient (Wildman–Crippen LogP) is 1.65. The fraction of sp³-hybridized carbons (Fsp3) is 0.333. The number of nitrogens with one attached hydrogen (secondary N) is 1. The molecule has 0 aliphatic carbocycles. The number of carbonyl (C=O) groups excluding carboxylic acids is 1. The molecule has 0 saturated heterocycles. The van der Waals surface area contributed by atoms with Gasteiger partial charge in [0.1, 0.15) is 0 Å². The molecular formula is C12H14ClN3O. The smallest absolute Gasteiger partial charge is 0.236 e. The van der Waals surface area contributed by atoms with Gasteiger partial charge in [-0.15, -0.1) is 0 Å². The molecule has 0 aromatic heterocycles. The number of guanidine groups is 1. The van der Waals surface area contributed by atoms with Crippen LogP contribution in [0.15, 0.2) is 29.3 Å². The predicted molar refractivity (Wildman–Crippen MR) is 68.0 cm³/mol. The Morgan fingerprint density at radius 2 is 2.06 bits per heavy atom. The number of rotatable bonds is 2. The highest BCUT2D eigenvalue weighted by atomic mass is 35.5. The van der Waals surface area contributed by atoms with E-state index >= 15 is 0 Å². The number of benzene rings is 1. The quantitative estimate of drug-likeness (QED) is 0.839. The third kappa shape index (κ3) is 2.42. The topological polar surface area (TPSA) is 67.5 Å². The number of hydrogen-bond acceptors (Lipinski definition) is 3. The van der Waals surface area contributed by atoms with Crippen molar-refractivity contribution in [1.29, 1.82) is 0 Å². The lowest BCUT2D eigenvalue weighted by Gasteiger charge is -2.27. The van der Waals surface area contributed by atoms with Crippen molar-refractivity contribution in [2.24, 2.45) is 10.7 Å². The number of carbonyl (C=O) groups is 1. The molecule has 2 atom stereocenters. The molecule has 0 fully saturated rings. The summed E-state index contributed by atoms with van der Waals surface area (Å²) in [6, 6.07) is 7.15. The van der Waals surface area contributed by atoms with Crippen LogP contribution in [0.3, 0.4) is 0 Å². The van der Waals surface area contributed by atoms with Gasteiger partial charge in [-0.1, -0.05) is 30.7 Å². The van der Waals surface area contributed by atoms with Crippen molar-refractivity contribution in [2.45, 2.75) is 25.3 Å². The van der Waals surface area contributed by atoms with Gasteiger partial charge in [-0.2, -0.15) is 0 Å². The van der Waals surface area contributed by atoms with Crippen molar-refractivity contribution < 1.29 is 4.79 Å². The maximum Gasteiger partial charge on any atom is 0.236 e. The van der Waals surface area contributed by atoms with Crippen molar-refractivity contribution in [1.82, 2.24) is 5.32 Å². The lowest BCUT2D eigenvalue weighted by atomic mass is 9.88. The Kier molecular flexibility index (Phi) is 3.33. The molecule has 1 aliphatic rings. The fourth-order valence-corrected chi connectivity index (χ4v) is 2.16. The molecule has 17 heavy (non-hydrogen) atoms. The SMILES string of the molecule is CCC1N=C(N)NC(=O)C1c1ccc(Cl)cc1. The van der Waals surface area contributed by atoms with Gasteiger partial charge >= 0.3 is 0 Å². The number of halogens is 1. The van der Waals surface area contributed by atoms with E-state index in [0.29, 0.717) is 5.02 Å². The van der Waals surface area contributed by atoms with Crippen molar-refractivity contribution >= 4 is 23.5 Å². The molecule has 1 amide bonds. The van der Waals surface area contributed by atoms with E-state index in [9.17, 15) is 4.79 Å². The van der Waals surface area contributed by atoms with Gasteiger partial charge in [-0.25, -0.2) is 4.99 Å². The molecule has 3 N–H and O–H groups in total. The fourth-order valence-electron chi connectivity index (χ4n) is 2.03. The van der Waals surface area contributed by atoms with E-state index in [0.717, 1.165) is 12.0 Å². The van der Waals surface area contributed by atoms with Crippen LogP contribution in [0.1, 0.15) is 24.8 Å². The summed E-state index contributed by atoms with van der Waals surface area (Å²) < 4.78 is 0. The Balaban J connectivity index is 2.35. The Morgan fingerprint density at radius 1 is 1.41 bits per heavy atom. The number of amides is 1. The zero-order valence-electron chi connectivity index (χ0n) is 9.48. The Labute approximate surface area is 105 Å². The van der Waals surface area contributed by atoms with Crippen LogP contribution in [-0.4, -0.2) is 17.9 Å². The Hall–Kier alpha value is -1.55. The summed E-state index contributed by atoms with van der Waals surface area (Å²) in [6.45, 7) is 1.99. The van der Waals surface area contributed by atoms with Gasteiger partial charge in [0.15, 0.2) is 5.96 Å². The van der Waals surface area contributed by atoms with Crippen LogP contribution >= 0.6 is 11.6 Å². The first kappa shape index (κ1) is 11.9. The van der Waals surface area contributed by atoms with Crippen LogP contribution in [-0.2, 0) is 4.79 Å². The highest BCUT2D eigenvalue weighted by Gasteiger charge is 2.32. The molecule has 0 bridgehead atoms. The van der Waals surface area contributed by atoms with Crippen LogP contribution < -0.4 is 11.1 Å². The average molecular weight is 252 g/mol. The number of nitrogens with two attached hydrogens (primary N) is 1. The van der Waals surface area contributed by atoms with Gasteiger partial charge in [0, 0.05) is 5.02 Å². The van der Waals surface area contributed by atoms with E-state index in [1.807, 2.05) is 19.1 Å². The minimum absolute atomic E-state index is 0.105. The second-order valence-electron chi connectivity index (χ2n) is 4.01. The minimum atomic E-state index is -0.287. The normalized spacial score (nSPS) is 24.1. The van der Waals surface area contributed by atoms with Gasteiger partial charge in [0.25, 0.3) is 0 Å². The number of hydrogen-bond donors (Lipinski definition) is 2. The summed E-state index contributed by atoms with van der Waals surface area (Å²) in [6.07, 6.45) is 0.765. The summed E-state index contributed by atoms with van der Waals surface area (Å²) in [5, 5.41) is 3.22. The van der Waals surface area contributed by atoms with Crippen LogP contribution in [0.2, 0.25) is 5.02 Å². The lowest BCUT2D eigenvalue weighted by Crippen LogP contribution is -2.47. The molecule has 1 aliphatic heterocycles. The lowest BCUT2D eigenvalue weighted by molar-refractivity contribution is -0.122. The van der Waals surface area contributed by atoms with E-state index < -0.39 is 0 Å². The minimum Gasteiger partial charge on any atom is -0.370 e. The van der Waals surface area contributed by atoms with Crippen LogP contribution in [0, 0.1) is 0 Å². The van der Waals surface area contributed by atoms with E-state index in [4.69, 9.17) is 17.3 Å². The van der Waals surface area contributed by atoms with Crippen LogP contribution in [0.5, 0.6) is 0 Å². The Morgan fingerprint density at radius 3 is 2.65 bits per heavy atom. The molecule has 1 aromatic rings. The second-order valence-corrected chi connectivity index (χ2v) is 4.44. The standard InChI is InChI=1S/C12H14ClN3O/c1-2-9-10(11(17)16-12(14)15-9)7-3-5-8(13)6-4-7/h3-6,9-10H,2H2,1H3,(H3,14,15,16,17). The molecule has 2 unspecified atom stereocenters. The van der Waals surface area contributed by atoms with Crippen LogP contribution in [0.25, 0.3) is 0 Å². The molecule has 1 heterocycles. The maximum atomic E-state index is 12.0. The molecule has 2 rings (SSSR count). The van der Waals surface area contributed by atoms with Crippen molar-refractivity contribution in [3.05, 3.63) is 34.9 Å². The highest BCUT2D eigenvalue weighted by Crippen LogP contribution is 2.27. The molecule has 0 saturated carbocycles. The zero-order chi connectivity index (χ0) is 12.4. The van der Waals surface area contributed by atoms with Crippen molar-refractivity contribution in [3.63, 3.8) is 0 Å². The number of aliphatic imine (C=N–C) groups is 1. The molecule has 5 heteroatoms. The molecule has 1 aromatic carbocycles. The molecule has 4 nitrogen and oxygen atoms in total. The van der Waals surface area contributed by atoms with E-state index in [1.54, 1.807) is 12.1 Å². The third-order valence-corrected chi connectivity index (χ3v) is 3.12. The van der Waals surface area contributed by atoms with Crippen molar-refractivity contribution in [2.75, 3.05) is 0 Å². The summed E-state index contributed by atoms with van der Waals surface area (Å²) in [5.74, 6) is -0.191. The summed E-state index contributed by atoms with van der Waals surface area (Å²) in [7, 11) is 0. The summed E-state index contributed by atoms with van der Waals surface area (Å²) in [4.78, 5) is 16.2. The van der Waals surface area contributed by atoms with Gasteiger partial charge < -0.3 is 5.73 Å². The first-order chi connectivity index (χ1) is 8.11. The van der Waals surface area contributed by atoms with Gasteiger partial charge in [0.05, 0.1) is 12.0 Å². The molecule has 0 spiro atoms. The molecular weight excluding hydrogens is 238 g/mol. The monoisotopic (exact) mass is 251 g/mol. The first-order valence-electron chi connectivity index (χ1n) is 5.51. The van der Waals surface area contributed by atoms with Gasteiger partial charge in [0.2, 0.25) is 5.91 Å². The van der Waals surface area contributed by atoms with E-state index in [2.05, 4.69) is 10.3 Å². The summed E-state index contributed by atoms with van der Waals surface area (Å²) >= 11 is 5.83. The van der Waals surface area contributed by atoms with E-state index in [-0.39, 0.29) is 23.8 Å². The van der Waals surface area contributed by atoms with Gasteiger partial charge in [-0.05, 0) is 24.1 Å². The molecule has 0 radical (unpaired) electrons. The Bertz CT molecular complexity index is 455. The zero-order valence-corrected chi connectivity index (χ0v) is 10.2.